The van der Waals surface area contributed by atoms with Gasteiger partial charge in [-0.2, -0.15) is 0 Å². The molecule has 0 amide bonds. The van der Waals surface area contributed by atoms with E-state index in [-0.39, 0.29) is 5.92 Å². The molecule has 0 fully saturated rings. The molecule has 1 aromatic heterocycles. The summed E-state index contributed by atoms with van der Waals surface area (Å²) in [6.45, 7) is 5.06. The van der Waals surface area contributed by atoms with Crippen LogP contribution in [0.4, 0.5) is 0 Å². The standard InChI is InChI=1S/C17H22N2O2S/c1-4-13-5-7-14(8-6-13)16-18-15(11-22-16)10-19(3)9-12(2)17(20)21/h5-8,11-12H,4,9-10H2,1-3H3,(H,20,21). The first kappa shape index (κ1) is 16.6. The van der Waals surface area contributed by atoms with Crippen molar-refractivity contribution in [2.75, 3.05) is 13.6 Å². The van der Waals surface area contributed by atoms with Gasteiger partial charge in [0.1, 0.15) is 5.01 Å². The second-order valence-electron chi connectivity index (χ2n) is 5.63. The van der Waals surface area contributed by atoms with Crippen LogP contribution in [0.1, 0.15) is 25.1 Å². The van der Waals surface area contributed by atoms with Gasteiger partial charge in [-0.05, 0) is 19.0 Å². The number of carbonyl (C=O) groups is 1. The summed E-state index contributed by atoms with van der Waals surface area (Å²) in [5, 5.41) is 12.0. The van der Waals surface area contributed by atoms with Gasteiger partial charge in [-0.25, -0.2) is 4.98 Å². The highest BCUT2D eigenvalue weighted by Gasteiger charge is 2.14. The number of thiazole rings is 1. The van der Waals surface area contributed by atoms with Crippen molar-refractivity contribution in [2.24, 2.45) is 5.92 Å². The van der Waals surface area contributed by atoms with Crippen molar-refractivity contribution >= 4 is 17.3 Å². The van der Waals surface area contributed by atoms with Gasteiger partial charge in [-0.15, -0.1) is 11.3 Å². The molecule has 1 N–H and O–H groups in total. The van der Waals surface area contributed by atoms with Crippen molar-refractivity contribution in [1.82, 2.24) is 9.88 Å². The lowest BCUT2D eigenvalue weighted by molar-refractivity contribution is -0.141. The van der Waals surface area contributed by atoms with Crippen molar-refractivity contribution in [3.05, 3.63) is 40.9 Å². The van der Waals surface area contributed by atoms with E-state index in [0.29, 0.717) is 13.1 Å². The minimum absolute atomic E-state index is 0.371. The second kappa shape index (κ2) is 7.51. The van der Waals surface area contributed by atoms with Crippen LogP contribution in [0.3, 0.4) is 0 Å². The van der Waals surface area contributed by atoms with Crippen LogP contribution >= 0.6 is 11.3 Å². The normalized spacial score (nSPS) is 12.5. The summed E-state index contributed by atoms with van der Waals surface area (Å²) in [6, 6.07) is 8.49. The first-order chi connectivity index (χ1) is 10.5. The summed E-state index contributed by atoms with van der Waals surface area (Å²) in [5.74, 6) is -1.13. The van der Waals surface area contributed by atoms with E-state index in [4.69, 9.17) is 5.11 Å². The summed E-state index contributed by atoms with van der Waals surface area (Å²) in [7, 11) is 1.93. The van der Waals surface area contributed by atoms with Gasteiger partial charge >= 0.3 is 5.97 Å². The van der Waals surface area contributed by atoms with Crippen LogP contribution in [0, 0.1) is 5.92 Å². The van der Waals surface area contributed by atoms with E-state index < -0.39 is 5.97 Å². The first-order valence-corrected chi connectivity index (χ1v) is 8.32. The fourth-order valence-corrected chi connectivity index (χ4v) is 3.10. The Hall–Kier alpha value is -1.72. The Morgan fingerprint density at radius 3 is 2.64 bits per heavy atom. The maximum atomic E-state index is 10.9. The van der Waals surface area contributed by atoms with Crippen LogP contribution in [0.15, 0.2) is 29.6 Å². The molecule has 1 unspecified atom stereocenters. The molecule has 118 valence electrons. The van der Waals surface area contributed by atoms with E-state index >= 15 is 0 Å². The fraction of sp³-hybridized carbons (Fsp3) is 0.412. The number of aromatic nitrogens is 1. The minimum Gasteiger partial charge on any atom is -0.481 e. The van der Waals surface area contributed by atoms with Crippen LogP contribution in [-0.4, -0.2) is 34.6 Å². The molecule has 2 aromatic rings. The Morgan fingerprint density at radius 2 is 2.05 bits per heavy atom. The smallest absolute Gasteiger partial charge is 0.307 e. The van der Waals surface area contributed by atoms with E-state index in [9.17, 15) is 4.79 Å². The monoisotopic (exact) mass is 318 g/mol. The zero-order valence-electron chi connectivity index (χ0n) is 13.2. The van der Waals surface area contributed by atoms with E-state index in [1.165, 1.54) is 5.56 Å². The van der Waals surface area contributed by atoms with Gasteiger partial charge in [-0.3, -0.25) is 9.69 Å². The number of rotatable bonds is 7. The van der Waals surface area contributed by atoms with E-state index in [1.807, 2.05) is 17.3 Å². The number of aryl methyl sites for hydroxylation is 1. The van der Waals surface area contributed by atoms with Gasteiger partial charge in [0, 0.05) is 24.0 Å². The third-order valence-electron chi connectivity index (χ3n) is 3.60. The summed E-state index contributed by atoms with van der Waals surface area (Å²) in [5.41, 5.74) is 3.44. The molecule has 4 nitrogen and oxygen atoms in total. The molecule has 5 heteroatoms. The van der Waals surface area contributed by atoms with E-state index in [1.54, 1.807) is 18.3 Å². The molecule has 0 saturated heterocycles. The second-order valence-corrected chi connectivity index (χ2v) is 6.49. The fourth-order valence-electron chi connectivity index (χ4n) is 2.28. The van der Waals surface area contributed by atoms with Crippen molar-refractivity contribution < 1.29 is 9.90 Å². The lowest BCUT2D eigenvalue weighted by Gasteiger charge is -2.17. The largest absolute Gasteiger partial charge is 0.481 e. The predicted octanol–water partition coefficient (Wildman–Crippen LogP) is 3.53. The first-order valence-electron chi connectivity index (χ1n) is 7.44. The van der Waals surface area contributed by atoms with E-state index in [0.717, 1.165) is 22.7 Å². The molecule has 0 saturated carbocycles. The summed E-state index contributed by atoms with van der Waals surface area (Å²) < 4.78 is 0. The van der Waals surface area contributed by atoms with Crippen molar-refractivity contribution in [1.29, 1.82) is 0 Å². The van der Waals surface area contributed by atoms with Gasteiger partial charge in [-0.1, -0.05) is 38.1 Å². The van der Waals surface area contributed by atoms with Gasteiger partial charge in [0.25, 0.3) is 0 Å². The van der Waals surface area contributed by atoms with Gasteiger partial charge in [0.2, 0.25) is 0 Å². The molecule has 0 spiro atoms. The van der Waals surface area contributed by atoms with Crippen molar-refractivity contribution in [2.45, 2.75) is 26.8 Å². The molecule has 0 radical (unpaired) electrons. The van der Waals surface area contributed by atoms with Gasteiger partial charge in [0.05, 0.1) is 11.6 Å². The number of aliphatic carboxylic acids is 1. The molecular formula is C17H22N2O2S. The minimum atomic E-state index is -0.762. The molecule has 0 aliphatic carbocycles. The number of hydrogen-bond donors (Lipinski definition) is 1. The maximum Gasteiger partial charge on any atom is 0.307 e. The maximum absolute atomic E-state index is 10.9. The Labute approximate surface area is 135 Å². The number of hydrogen-bond acceptors (Lipinski definition) is 4. The topological polar surface area (TPSA) is 53.4 Å². The molecule has 0 aliphatic heterocycles. The van der Waals surface area contributed by atoms with Crippen molar-refractivity contribution in [3.63, 3.8) is 0 Å². The molecule has 2 rings (SSSR count). The highest BCUT2D eigenvalue weighted by atomic mass is 32.1. The number of benzene rings is 1. The third kappa shape index (κ3) is 4.39. The molecule has 0 bridgehead atoms. The van der Waals surface area contributed by atoms with Crippen LogP contribution in [0.5, 0.6) is 0 Å². The zero-order chi connectivity index (χ0) is 16.1. The molecule has 1 heterocycles. The lowest BCUT2D eigenvalue weighted by Crippen LogP contribution is -2.28. The van der Waals surface area contributed by atoms with Crippen molar-refractivity contribution in [3.8, 4) is 10.6 Å². The molecule has 22 heavy (non-hydrogen) atoms. The summed E-state index contributed by atoms with van der Waals surface area (Å²) in [4.78, 5) is 17.5. The molecule has 1 atom stereocenters. The number of nitrogens with zero attached hydrogens (tertiary/aromatic N) is 2. The predicted molar refractivity (Wildman–Crippen MR) is 90.1 cm³/mol. The van der Waals surface area contributed by atoms with Crippen LogP contribution in [0.2, 0.25) is 0 Å². The number of carboxylic acid groups (broad SMARTS) is 1. The van der Waals surface area contributed by atoms with E-state index in [2.05, 4.69) is 36.2 Å². The number of carboxylic acids is 1. The van der Waals surface area contributed by atoms with Gasteiger partial charge in [0.15, 0.2) is 0 Å². The summed E-state index contributed by atoms with van der Waals surface area (Å²) >= 11 is 1.63. The highest BCUT2D eigenvalue weighted by Crippen LogP contribution is 2.24. The molecule has 1 aromatic carbocycles. The Morgan fingerprint density at radius 1 is 1.36 bits per heavy atom. The van der Waals surface area contributed by atoms with Crippen LogP contribution in [0.25, 0.3) is 10.6 Å². The van der Waals surface area contributed by atoms with Gasteiger partial charge < -0.3 is 5.11 Å². The zero-order valence-corrected chi connectivity index (χ0v) is 14.1. The Kier molecular flexibility index (Phi) is 5.69. The average Bonchev–Trinajstić information content (AvgIpc) is 2.95. The van der Waals surface area contributed by atoms with Crippen LogP contribution in [-0.2, 0) is 17.8 Å². The average molecular weight is 318 g/mol. The Balaban J connectivity index is 2.00. The Bertz CT molecular complexity index is 622. The lowest BCUT2D eigenvalue weighted by atomic mass is 10.1. The SMILES string of the molecule is CCc1ccc(-c2nc(CN(C)CC(C)C(=O)O)cs2)cc1. The highest BCUT2D eigenvalue weighted by molar-refractivity contribution is 7.13. The summed E-state index contributed by atoms with van der Waals surface area (Å²) in [6.07, 6.45) is 1.04. The third-order valence-corrected chi connectivity index (χ3v) is 4.54. The quantitative estimate of drug-likeness (QED) is 0.848. The molecular weight excluding hydrogens is 296 g/mol. The molecule has 0 aliphatic rings. The van der Waals surface area contributed by atoms with Crippen LogP contribution < -0.4 is 0 Å².